The van der Waals surface area contributed by atoms with Crippen molar-refractivity contribution in [3.63, 3.8) is 0 Å². The van der Waals surface area contributed by atoms with Crippen molar-refractivity contribution >= 4 is 45.0 Å². The quantitative estimate of drug-likeness (QED) is 0.283. The molecule has 0 saturated heterocycles. The highest BCUT2D eigenvalue weighted by Gasteiger charge is 2.36. The van der Waals surface area contributed by atoms with Crippen LogP contribution in [-0.2, 0) is 25.8 Å². The molecule has 4 rings (SSSR count). The van der Waals surface area contributed by atoms with Gasteiger partial charge in [-0.15, -0.1) is 0 Å². The lowest BCUT2D eigenvalue weighted by molar-refractivity contribution is -0.137. The highest BCUT2D eigenvalue weighted by Crippen LogP contribution is 2.41. The minimum Gasteiger partial charge on any atom is -0.468 e. The molecular formula is C27H22F3N5O5S2. The predicted molar refractivity (Wildman–Crippen MR) is 149 cm³/mol. The molecule has 0 saturated carbocycles. The van der Waals surface area contributed by atoms with Crippen molar-refractivity contribution in [3.8, 4) is 6.07 Å². The highest BCUT2D eigenvalue weighted by atomic mass is 32.2. The van der Waals surface area contributed by atoms with E-state index >= 15 is 0 Å². The molecule has 1 aromatic heterocycles. The van der Waals surface area contributed by atoms with Crippen molar-refractivity contribution in [3.05, 3.63) is 100 Å². The Morgan fingerprint density at radius 2 is 1.81 bits per heavy atom. The van der Waals surface area contributed by atoms with Gasteiger partial charge in [0.2, 0.25) is 15.9 Å². The molecule has 1 aliphatic heterocycles. The summed E-state index contributed by atoms with van der Waals surface area (Å²) in [5, 5.41) is 23.5. The number of halogens is 3. The normalized spacial score (nSPS) is 15.6. The Bertz CT molecular complexity index is 1730. The van der Waals surface area contributed by atoms with Crippen LogP contribution in [0.25, 0.3) is 0 Å². The van der Waals surface area contributed by atoms with Gasteiger partial charge in [-0.3, -0.25) is 9.59 Å². The summed E-state index contributed by atoms with van der Waals surface area (Å²) in [6.07, 6.45) is -3.20. The number of nitrogens with two attached hydrogens (primary N) is 1. The third-order valence-corrected chi connectivity index (χ3v) is 7.93. The number of benzene rings is 2. The Morgan fingerprint density at radius 1 is 1.10 bits per heavy atom. The monoisotopic (exact) mass is 617 g/mol. The van der Waals surface area contributed by atoms with E-state index in [4.69, 9.17) is 9.56 Å². The van der Waals surface area contributed by atoms with E-state index in [1.165, 1.54) is 42.7 Å². The van der Waals surface area contributed by atoms with Gasteiger partial charge < -0.3 is 20.4 Å². The van der Waals surface area contributed by atoms with Gasteiger partial charge >= 0.3 is 6.18 Å². The third kappa shape index (κ3) is 7.03. The minimum absolute atomic E-state index is 0.0397. The lowest BCUT2D eigenvalue weighted by atomic mass is 9.85. The van der Waals surface area contributed by atoms with Gasteiger partial charge in [-0.2, -0.15) is 18.4 Å². The molecule has 0 bridgehead atoms. The minimum atomic E-state index is -4.57. The summed E-state index contributed by atoms with van der Waals surface area (Å²) >= 11 is 0.929. The summed E-state index contributed by atoms with van der Waals surface area (Å²) in [6, 6.07) is 14.6. The van der Waals surface area contributed by atoms with E-state index < -0.39 is 39.5 Å². The van der Waals surface area contributed by atoms with Crippen molar-refractivity contribution in [1.82, 2.24) is 5.32 Å². The van der Waals surface area contributed by atoms with Crippen LogP contribution in [0.15, 0.2) is 98.1 Å². The second kappa shape index (κ2) is 12.1. The van der Waals surface area contributed by atoms with E-state index in [0.717, 1.165) is 23.9 Å². The van der Waals surface area contributed by atoms with Gasteiger partial charge in [0.1, 0.15) is 5.76 Å². The van der Waals surface area contributed by atoms with E-state index in [1.807, 2.05) is 0 Å². The van der Waals surface area contributed by atoms with E-state index in [9.17, 15) is 36.4 Å². The number of nitrogens with zero attached hydrogens (tertiary/aromatic N) is 1. The highest BCUT2D eigenvalue weighted by molar-refractivity contribution is 8.03. The second-order valence-electron chi connectivity index (χ2n) is 8.91. The van der Waals surface area contributed by atoms with E-state index in [0.29, 0.717) is 5.70 Å². The molecule has 0 fully saturated rings. The Morgan fingerprint density at radius 3 is 2.40 bits per heavy atom. The molecule has 3 aromatic rings. The number of furan rings is 1. The van der Waals surface area contributed by atoms with Gasteiger partial charge in [-0.25, -0.2) is 13.6 Å². The molecule has 1 unspecified atom stereocenters. The Hall–Kier alpha value is -4.52. The number of rotatable bonds is 8. The molecule has 2 aromatic carbocycles. The summed E-state index contributed by atoms with van der Waals surface area (Å²) < 4.78 is 67.6. The number of primary sulfonamides is 1. The zero-order valence-electron chi connectivity index (χ0n) is 21.7. The van der Waals surface area contributed by atoms with Crippen molar-refractivity contribution in [2.24, 2.45) is 5.14 Å². The number of amides is 2. The lowest BCUT2D eigenvalue weighted by Crippen LogP contribution is -2.31. The first-order chi connectivity index (χ1) is 19.8. The maximum absolute atomic E-state index is 13.4. The summed E-state index contributed by atoms with van der Waals surface area (Å²) in [6.45, 7) is 1.59. The predicted octanol–water partition coefficient (Wildman–Crippen LogP) is 4.65. The fourth-order valence-electron chi connectivity index (χ4n) is 4.10. The van der Waals surface area contributed by atoms with Crippen LogP contribution in [0.2, 0.25) is 0 Å². The fraction of sp³-hybridized carbons (Fsp3) is 0.148. The molecule has 2 heterocycles. The fourth-order valence-corrected chi connectivity index (χ4v) is 5.51. The number of hydrogen-bond donors (Lipinski definition) is 4. The molecule has 1 atom stereocenters. The van der Waals surface area contributed by atoms with Crippen molar-refractivity contribution in [2.45, 2.75) is 23.9 Å². The average molecular weight is 618 g/mol. The molecule has 0 aliphatic carbocycles. The first-order valence-electron chi connectivity index (χ1n) is 12.0. The van der Waals surface area contributed by atoms with Gasteiger partial charge in [0.25, 0.3) is 5.91 Å². The van der Waals surface area contributed by atoms with Crippen molar-refractivity contribution in [1.29, 1.82) is 5.26 Å². The van der Waals surface area contributed by atoms with Crippen LogP contribution < -0.4 is 21.1 Å². The first-order valence-corrected chi connectivity index (χ1v) is 14.5. The van der Waals surface area contributed by atoms with Crippen LogP contribution in [0.1, 0.15) is 24.2 Å². The molecule has 42 heavy (non-hydrogen) atoms. The standard InChI is InChI=1S/C27H22F3N5O5S2/c1-15-23(25(37)35-17-7-9-19(10-8-17)42(32,38)39)24(21-6-3-11-40-21)20(13-31)26(33-15)41-14-22(36)34-18-5-2-4-16(12-18)27(28,29)30/h2-12,24,33H,14H2,1H3,(H,34,36)(H,35,37)(H2,32,38,39). The lowest BCUT2D eigenvalue weighted by Gasteiger charge is -2.28. The second-order valence-corrected chi connectivity index (χ2v) is 11.5. The molecule has 1 aliphatic rings. The molecule has 2 amide bonds. The molecule has 10 nitrogen and oxygen atoms in total. The molecular weight excluding hydrogens is 595 g/mol. The average Bonchev–Trinajstić information content (AvgIpc) is 3.45. The molecule has 0 spiro atoms. The molecule has 0 radical (unpaired) electrons. The van der Waals surface area contributed by atoms with Gasteiger partial charge in [0.05, 0.1) is 50.6 Å². The number of carbonyl (C=O) groups excluding carboxylic acids is 2. The number of thioether (sulfide) groups is 1. The van der Waals surface area contributed by atoms with E-state index in [-0.39, 0.29) is 44.0 Å². The van der Waals surface area contributed by atoms with Crippen LogP contribution >= 0.6 is 11.8 Å². The smallest absolute Gasteiger partial charge is 0.416 e. The zero-order valence-corrected chi connectivity index (χ0v) is 23.3. The molecule has 15 heteroatoms. The Balaban J connectivity index is 1.55. The van der Waals surface area contributed by atoms with Gasteiger partial charge in [-0.1, -0.05) is 17.8 Å². The Kier molecular flexibility index (Phi) is 8.81. The number of anilines is 2. The van der Waals surface area contributed by atoms with Gasteiger partial charge in [0, 0.05) is 17.1 Å². The number of alkyl halides is 3. The van der Waals surface area contributed by atoms with E-state index in [2.05, 4.69) is 22.0 Å². The van der Waals surface area contributed by atoms with Crippen LogP contribution in [0.3, 0.4) is 0 Å². The van der Waals surface area contributed by atoms with Gasteiger partial charge in [-0.05, 0) is 61.5 Å². The number of nitriles is 1. The number of nitrogens with one attached hydrogen (secondary N) is 3. The van der Waals surface area contributed by atoms with Gasteiger partial charge in [0.15, 0.2) is 0 Å². The first kappa shape index (κ1) is 30.4. The van der Waals surface area contributed by atoms with Crippen LogP contribution in [-0.4, -0.2) is 26.0 Å². The number of carbonyl (C=O) groups is 2. The number of sulfonamides is 1. The zero-order chi connectivity index (χ0) is 30.7. The molecule has 218 valence electrons. The van der Waals surface area contributed by atoms with Crippen molar-refractivity contribution in [2.75, 3.05) is 16.4 Å². The summed E-state index contributed by atoms with van der Waals surface area (Å²) in [5.41, 5.74) is -0.140. The maximum Gasteiger partial charge on any atom is 0.416 e. The van der Waals surface area contributed by atoms with Crippen LogP contribution in [0, 0.1) is 11.3 Å². The third-order valence-electron chi connectivity index (χ3n) is 5.98. The summed E-state index contributed by atoms with van der Waals surface area (Å²) in [7, 11) is -3.93. The molecule has 5 N–H and O–H groups in total. The SMILES string of the molecule is CC1=C(C(=O)Nc2ccc(S(N)(=O)=O)cc2)C(c2ccco2)C(C#N)=C(SCC(=O)Nc2cccc(C(F)(F)F)c2)N1. The number of allylic oxidation sites excluding steroid dienone is 2. The van der Waals surface area contributed by atoms with Crippen LogP contribution in [0.5, 0.6) is 0 Å². The maximum atomic E-state index is 13.4. The summed E-state index contributed by atoms with van der Waals surface area (Å²) in [4.78, 5) is 25.9. The van der Waals surface area contributed by atoms with Crippen LogP contribution in [0.4, 0.5) is 24.5 Å². The topological polar surface area (TPSA) is 167 Å². The summed E-state index contributed by atoms with van der Waals surface area (Å²) in [5.74, 6) is -2.19. The number of hydrogen-bond acceptors (Lipinski definition) is 8. The van der Waals surface area contributed by atoms with E-state index in [1.54, 1.807) is 19.1 Å². The number of dihydropyridines is 1. The van der Waals surface area contributed by atoms with Crippen molar-refractivity contribution < 1.29 is 35.6 Å². The Labute approximate surface area is 242 Å². The largest absolute Gasteiger partial charge is 0.468 e.